The lowest BCUT2D eigenvalue weighted by atomic mass is 9.79. The van der Waals surface area contributed by atoms with Crippen molar-refractivity contribution in [2.24, 2.45) is 17.3 Å². The molecule has 5 nitrogen and oxygen atoms in total. The van der Waals surface area contributed by atoms with Crippen molar-refractivity contribution in [2.45, 2.75) is 116 Å². The van der Waals surface area contributed by atoms with Gasteiger partial charge >= 0.3 is 5.97 Å². The molecule has 0 aromatic heterocycles. The summed E-state index contributed by atoms with van der Waals surface area (Å²) in [6.45, 7) is 7.00. The topological polar surface area (TPSA) is 87.0 Å². The number of aliphatic carboxylic acids is 1. The second-order valence-electron chi connectivity index (χ2n) is 9.62. The molecular formula is C23H44O5. The minimum atomic E-state index is -2.07. The maximum Gasteiger partial charge on any atom is 0.364 e. The molecule has 4 atom stereocenters. The van der Waals surface area contributed by atoms with E-state index in [0.717, 1.165) is 32.1 Å². The van der Waals surface area contributed by atoms with Gasteiger partial charge in [0, 0.05) is 13.5 Å². The molecule has 0 radical (unpaired) electrons. The maximum absolute atomic E-state index is 11.0. The van der Waals surface area contributed by atoms with E-state index in [1.54, 1.807) is 0 Å². The SMILES string of the molecule is CCCCC(C)(C)CCC[C@H]1CC[C@H](O)[C@@H]1CCCCCC(O)(OC)C(=O)O. The van der Waals surface area contributed by atoms with E-state index in [0.29, 0.717) is 23.7 Å². The Morgan fingerprint density at radius 1 is 1.00 bits per heavy atom. The van der Waals surface area contributed by atoms with Crippen molar-refractivity contribution in [3.8, 4) is 0 Å². The van der Waals surface area contributed by atoms with Gasteiger partial charge in [-0.3, -0.25) is 0 Å². The van der Waals surface area contributed by atoms with Gasteiger partial charge in [-0.25, -0.2) is 4.79 Å². The Balaban J connectivity index is 2.32. The van der Waals surface area contributed by atoms with E-state index >= 15 is 0 Å². The van der Waals surface area contributed by atoms with Crippen LogP contribution >= 0.6 is 0 Å². The highest BCUT2D eigenvalue weighted by molar-refractivity contribution is 5.75. The number of carboxylic acid groups (broad SMARTS) is 1. The molecule has 0 bridgehead atoms. The van der Waals surface area contributed by atoms with Gasteiger partial charge in [0.25, 0.3) is 5.79 Å². The number of ether oxygens (including phenoxy) is 1. The van der Waals surface area contributed by atoms with Crippen molar-refractivity contribution in [3.05, 3.63) is 0 Å². The van der Waals surface area contributed by atoms with Crippen molar-refractivity contribution < 1.29 is 24.9 Å². The molecule has 0 heterocycles. The van der Waals surface area contributed by atoms with Crippen LogP contribution < -0.4 is 0 Å². The number of carbonyl (C=O) groups is 1. The van der Waals surface area contributed by atoms with Crippen LogP contribution in [0.15, 0.2) is 0 Å². The largest absolute Gasteiger partial charge is 0.477 e. The highest BCUT2D eigenvalue weighted by atomic mass is 16.6. The first-order valence-electron chi connectivity index (χ1n) is 11.3. The van der Waals surface area contributed by atoms with Crippen LogP contribution in [0.5, 0.6) is 0 Å². The Morgan fingerprint density at radius 2 is 1.68 bits per heavy atom. The van der Waals surface area contributed by atoms with Crippen molar-refractivity contribution in [1.29, 1.82) is 0 Å². The molecule has 166 valence electrons. The molecule has 1 fully saturated rings. The van der Waals surface area contributed by atoms with E-state index in [9.17, 15) is 15.0 Å². The predicted octanol–water partition coefficient (Wildman–Crippen LogP) is 5.13. The van der Waals surface area contributed by atoms with Gasteiger partial charge in [-0.2, -0.15) is 0 Å². The first-order valence-corrected chi connectivity index (χ1v) is 11.3. The molecule has 5 heteroatoms. The van der Waals surface area contributed by atoms with Crippen LogP contribution in [0.25, 0.3) is 0 Å². The molecule has 0 aliphatic heterocycles. The summed E-state index contributed by atoms with van der Waals surface area (Å²) in [7, 11) is 1.22. The number of carboxylic acids is 1. The molecule has 1 saturated carbocycles. The predicted molar refractivity (Wildman–Crippen MR) is 112 cm³/mol. The molecule has 1 aliphatic carbocycles. The Hall–Kier alpha value is -0.650. The number of hydrogen-bond acceptors (Lipinski definition) is 4. The monoisotopic (exact) mass is 400 g/mol. The lowest BCUT2D eigenvalue weighted by molar-refractivity contribution is -0.216. The third-order valence-corrected chi connectivity index (χ3v) is 6.79. The molecule has 1 rings (SSSR count). The molecule has 0 aromatic carbocycles. The van der Waals surface area contributed by atoms with E-state index in [2.05, 4.69) is 20.8 Å². The second-order valence-corrected chi connectivity index (χ2v) is 9.62. The molecule has 3 N–H and O–H groups in total. The summed E-state index contributed by atoms with van der Waals surface area (Å²) in [5.74, 6) is -2.41. The molecular weight excluding hydrogens is 356 g/mol. The van der Waals surface area contributed by atoms with E-state index in [1.807, 2.05) is 0 Å². The van der Waals surface area contributed by atoms with Crippen LogP contribution in [-0.2, 0) is 9.53 Å². The van der Waals surface area contributed by atoms with E-state index in [-0.39, 0.29) is 12.5 Å². The normalized spacial score (nSPS) is 25.0. The molecule has 1 unspecified atom stereocenters. The summed E-state index contributed by atoms with van der Waals surface area (Å²) in [6, 6.07) is 0. The van der Waals surface area contributed by atoms with Gasteiger partial charge < -0.3 is 20.1 Å². The fourth-order valence-corrected chi connectivity index (χ4v) is 4.75. The number of aliphatic hydroxyl groups is 2. The van der Waals surface area contributed by atoms with Crippen LogP contribution in [0.4, 0.5) is 0 Å². The minimum Gasteiger partial charge on any atom is -0.477 e. The standard InChI is InChI=1S/C23H44O5/c1-5-6-15-22(2,3)16-10-11-18-13-14-20(24)19(18)12-8-7-9-17-23(27,28-4)21(25)26/h18-20,24,27H,5-17H2,1-4H3,(H,25,26)/t18-,19+,20-,23?/m0/s1. The van der Waals surface area contributed by atoms with Crippen LogP contribution in [0.1, 0.15) is 104 Å². The van der Waals surface area contributed by atoms with E-state index < -0.39 is 11.8 Å². The number of methoxy groups -OCH3 is 1. The highest BCUT2D eigenvalue weighted by Crippen LogP contribution is 2.40. The molecule has 0 spiro atoms. The maximum atomic E-state index is 11.0. The summed E-state index contributed by atoms with van der Waals surface area (Å²) < 4.78 is 4.73. The molecule has 0 saturated heterocycles. The summed E-state index contributed by atoms with van der Waals surface area (Å²) >= 11 is 0. The van der Waals surface area contributed by atoms with Crippen LogP contribution in [0.3, 0.4) is 0 Å². The van der Waals surface area contributed by atoms with Crippen molar-refractivity contribution >= 4 is 5.97 Å². The van der Waals surface area contributed by atoms with E-state index in [4.69, 9.17) is 9.84 Å². The fraction of sp³-hybridized carbons (Fsp3) is 0.957. The summed E-state index contributed by atoms with van der Waals surface area (Å²) in [5.41, 5.74) is 0.422. The van der Waals surface area contributed by atoms with Crippen LogP contribution in [-0.4, -0.2) is 40.3 Å². The summed E-state index contributed by atoms with van der Waals surface area (Å²) in [5, 5.41) is 29.3. The summed E-state index contributed by atoms with van der Waals surface area (Å²) in [4.78, 5) is 11.0. The number of rotatable bonds is 15. The van der Waals surface area contributed by atoms with Gasteiger partial charge in [0.2, 0.25) is 0 Å². The Morgan fingerprint density at radius 3 is 2.29 bits per heavy atom. The van der Waals surface area contributed by atoms with Crippen molar-refractivity contribution in [3.63, 3.8) is 0 Å². The molecule has 28 heavy (non-hydrogen) atoms. The third kappa shape index (κ3) is 8.38. The molecule has 0 amide bonds. The minimum absolute atomic E-state index is 0.0995. The number of unbranched alkanes of at least 4 members (excludes halogenated alkanes) is 3. The average Bonchev–Trinajstić information content (AvgIpc) is 2.99. The Bertz CT molecular complexity index is 450. The Labute approximate surface area is 171 Å². The van der Waals surface area contributed by atoms with Gasteiger partial charge in [-0.05, 0) is 55.8 Å². The lowest BCUT2D eigenvalue weighted by Gasteiger charge is -2.27. The zero-order valence-electron chi connectivity index (χ0n) is 18.6. The first-order chi connectivity index (χ1) is 13.1. The fourth-order valence-electron chi connectivity index (χ4n) is 4.75. The Kier molecular flexibility index (Phi) is 11.0. The van der Waals surface area contributed by atoms with Crippen LogP contribution in [0.2, 0.25) is 0 Å². The lowest BCUT2D eigenvalue weighted by Crippen LogP contribution is -2.40. The average molecular weight is 401 g/mol. The molecule has 1 aliphatic rings. The summed E-state index contributed by atoms with van der Waals surface area (Å²) in [6.07, 6.45) is 12.9. The van der Waals surface area contributed by atoms with Gasteiger partial charge in [-0.1, -0.05) is 59.3 Å². The van der Waals surface area contributed by atoms with Crippen LogP contribution in [0, 0.1) is 17.3 Å². The van der Waals surface area contributed by atoms with Crippen molar-refractivity contribution in [1.82, 2.24) is 0 Å². The first kappa shape index (κ1) is 25.4. The zero-order valence-corrected chi connectivity index (χ0v) is 18.6. The van der Waals surface area contributed by atoms with E-state index in [1.165, 1.54) is 45.6 Å². The second kappa shape index (κ2) is 12.1. The number of hydrogen-bond donors (Lipinski definition) is 3. The van der Waals surface area contributed by atoms with Gasteiger partial charge in [0.05, 0.1) is 6.10 Å². The smallest absolute Gasteiger partial charge is 0.364 e. The highest BCUT2D eigenvalue weighted by Gasteiger charge is 2.36. The van der Waals surface area contributed by atoms with Gasteiger partial charge in [-0.15, -0.1) is 0 Å². The van der Waals surface area contributed by atoms with Gasteiger partial charge in [0.1, 0.15) is 0 Å². The zero-order chi connectivity index (χ0) is 21.2. The molecule has 0 aromatic rings. The quantitative estimate of drug-likeness (QED) is 0.262. The third-order valence-electron chi connectivity index (χ3n) is 6.79. The van der Waals surface area contributed by atoms with Crippen molar-refractivity contribution in [2.75, 3.05) is 7.11 Å². The van der Waals surface area contributed by atoms with Gasteiger partial charge in [0.15, 0.2) is 0 Å². The number of aliphatic hydroxyl groups excluding tert-OH is 1.